The molecule has 0 radical (unpaired) electrons. The second-order valence-corrected chi connectivity index (χ2v) is 7.22. The predicted octanol–water partition coefficient (Wildman–Crippen LogP) is 2.35. The molecule has 0 bridgehead atoms. The third kappa shape index (κ3) is 6.29. The quantitative estimate of drug-likeness (QED) is 0.285. The lowest BCUT2D eigenvalue weighted by Gasteiger charge is -2.07. The molecule has 0 aliphatic carbocycles. The van der Waals surface area contributed by atoms with Crippen molar-refractivity contribution in [2.75, 3.05) is 26.5 Å². The third-order valence-corrected chi connectivity index (χ3v) is 5.12. The summed E-state index contributed by atoms with van der Waals surface area (Å²) in [5.74, 6) is 0.948. The van der Waals surface area contributed by atoms with E-state index in [2.05, 4.69) is 20.8 Å². The monoisotopic (exact) mass is 467 g/mol. The van der Waals surface area contributed by atoms with Gasteiger partial charge in [0.1, 0.15) is 11.5 Å². The Bertz CT molecular complexity index is 1000. The van der Waals surface area contributed by atoms with Gasteiger partial charge in [-0.1, -0.05) is 11.8 Å². The van der Waals surface area contributed by atoms with Gasteiger partial charge in [-0.05, 0) is 40.8 Å². The number of esters is 2. The first-order chi connectivity index (χ1) is 14.5. The van der Waals surface area contributed by atoms with Gasteiger partial charge < -0.3 is 19.2 Å². The van der Waals surface area contributed by atoms with E-state index in [1.54, 1.807) is 41.7 Å². The van der Waals surface area contributed by atoms with Crippen LogP contribution in [-0.2, 0) is 23.1 Å². The number of thioether (sulfide) groups is 1. The molecule has 3 aromatic rings. The SMILES string of the molecule is COC(=O)c1cc(C(=O)OC)cc(-c2ccc(CNCCSc3nnnn3C)o2)c1.Cl. The highest BCUT2D eigenvalue weighted by Crippen LogP contribution is 2.26. The third-order valence-electron chi connectivity index (χ3n) is 4.11. The van der Waals surface area contributed by atoms with Crippen molar-refractivity contribution in [3.05, 3.63) is 47.2 Å². The largest absolute Gasteiger partial charge is 0.465 e. The van der Waals surface area contributed by atoms with Gasteiger partial charge in [0, 0.05) is 24.9 Å². The Labute approximate surface area is 189 Å². The Morgan fingerprint density at radius 1 is 1.13 bits per heavy atom. The fourth-order valence-corrected chi connectivity index (χ4v) is 3.39. The molecule has 2 aromatic heterocycles. The highest BCUT2D eigenvalue weighted by molar-refractivity contribution is 7.99. The molecule has 0 fully saturated rings. The number of aryl methyl sites for hydroxylation is 1. The first-order valence-electron chi connectivity index (χ1n) is 8.98. The smallest absolute Gasteiger partial charge is 0.337 e. The molecular formula is C19H22ClN5O5S. The second kappa shape index (κ2) is 11.5. The van der Waals surface area contributed by atoms with Crippen molar-refractivity contribution in [2.24, 2.45) is 7.05 Å². The number of hydrogen-bond donors (Lipinski definition) is 1. The molecule has 31 heavy (non-hydrogen) atoms. The van der Waals surface area contributed by atoms with E-state index in [-0.39, 0.29) is 23.5 Å². The van der Waals surface area contributed by atoms with Crippen molar-refractivity contribution in [3.63, 3.8) is 0 Å². The van der Waals surface area contributed by atoms with Crippen molar-refractivity contribution in [1.29, 1.82) is 0 Å². The molecule has 3 rings (SSSR count). The summed E-state index contributed by atoms with van der Waals surface area (Å²) in [6, 6.07) is 8.27. The van der Waals surface area contributed by atoms with Gasteiger partial charge in [0.2, 0.25) is 5.16 Å². The van der Waals surface area contributed by atoms with Crippen LogP contribution in [0.5, 0.6) is 0 Å². The van der Waals surface area contributed by atoms with Gasteiger partial charge in [-0.2, -0.15) is 0 Å². The van der Waals surface area contributed by atoms with Crippen LogP contribution >= 0.6 is 24.2 Å². The van der Waals surface area contributed by atoms with Gasteiger partial charge in [-0.15, -0.1) is 17.5 Å². The second-order valence-electron chi connectivity index (χ2n) is 6.16. The lowest BCUT2D eigenvalue weighted by molar-refractivity contribution is 0.0599. The maximum absolute atomic E-state index is 11.9. The van der Waals surface area contributed by atoms with Crippen molar-refractivity contribution in [2.45, 2.75) is 11.7 Å². The zero-order chi connectivity index (χ0) is 21.5. The normalized spacial score (nSPS) is 10.4. The molecule has 0 unspecified atom stereocenters. The topological polar surface area (TPSA) is 121 Å². The predicted molar refractivity (Wildman–Crippen MR) is 115 cm³/mol. The minimum Gasteiger partial charge on any atom is -0.465 e. The summed E-state index contributed by atoms with van der Waals surface area (Å²) in [5.41, 5.74) is 1.05. The van der Waals surface area contributed by atoms with E-state index in [9.17, 15) is 9.59 Å². The average Bonchev–Trinajstić information content (AvgIpc) is 3.41. The van der Waals surface area contributed by atoms with Gasteiger partial charge in [0.25, 0.3) is 0 Å². The number of nitrogens with one attached hydrogen (secondary N) is 1. The number of halogens is 1. The van der Waals surface area contributed by atoms with Crippen molar-refractivity contribution >= 4 is 36.1 Å². The zero-order valence-corrected chi connectivity index (χ0v) is 18.8. The number of rotatable bonds is 9. The summed E-state index contributed by atoms with van der Waals surface area (Å²) < 4.78 is 17.0. The van der Waals surface area contributed by atoms with Crippen LogP contribution < -0.4 is 5.32 Å². The molecule has 0 amide bonds. The summed E-state index contributed by atoms with van der Waals surface area (Å²) in [6.07, 6.45) is 0. The maximum atomic E-state index is 11.9. The molecule has 1 N–H and O–H groups in total. The van der Waals surface area contributed by atoms with Gasteiger partial charge in [0.05, 0.1) is 31.9 Å². The minimum absolute atomic E-state index is 0. The van der Waals surface area contributed by atoms with Crippen molar-refractivity contribution < 1.29 is 23.5 Å². The molecule has 0 aliphatic heterocycles. The van der Waals surface area contributed by atoms with E-state index in [4.69, 9.17) is 13.9 Å². The van der Waals surface area contributed by atoms with E-state index in [0.717, 1.165) is 23.2 Å². The van der Waals surface area contributed by atoms with Crippen molar-refractivity contribution in [3.8, 4) is 11.3 Å². The van der Waals surface area contributed by atoms with Crippen LogP contribution in [0, 0.1) is 0 Å². The molecule has 0 atom stereocenters. The highest BCUT2D eigenvalue weighted by Gasteiger charge is 2.16. The molecule has 0 spiro atoms. The van der Waals surface area contributed by atoms with Crippen LogP contribution in [0.2, 0.25) is 0 Å². The Hall–Kier alpha value is -2.89. The van der Waals surface area contributed by atoms with Crippen LogP contribution in [0.15, 0.2) is 39.9 Å². The van der Waals surface area contributed by atoms with Crippen molar-refractivity contribution in [1.82, 2.24) is 25.5 Å². The number of aromatic nitrogens is 4. The molecule has 12 heteroatoms. The number of methoxy groups -OCH3 is 2. The molecule has 2 heterocycles. The van der Waals surface area contributed by atoms with E-state index >= 15 is 0 Å². The van der Waals surface area contributed by atoms with Gasteiger partial charge >= 0.3 is 11.9 Å². The Morgan fingerprint density at radius 3 is 2.39 bits per heavy atom. The Kier molecular flexibility index (Phi) is 9.03. The van der Waals surface area contributed by atoms with Crippen LogP contribution in [0.25, 0.3) is 11.3 Å². The zero-order valence-electron chi connectivity index (χ0n) is 17.2. The fourth-order valence-electron chi connectivity index (χ4n) is 2.64. The number of hydrogen-bond acceptors (Lipinski definition) is 10. The molecule has 166 valence electrons. The number of furan rings is 1. The summed E-state index contributed by atoms with van der Waals surface area (Å²) in [4.78, 5) is 23.9. The molecule has 0 saturated heterocycles. The summed E-state index contributed by atoms with van der Waals surface area (Å²) >= 11 is 1.55. The van der Waals surface area contributed by atoms with E-state index in [0.29, 0.717) is 17.9 Å². The summed E-state index contributed by atoms with van der Waals surface area (Å²) in [5, 5.41) is 15.3. The minimum atomic E-state index is -0.550. The average molecular weight is 468 g/mol. The van der Waals surface area contributed by atoms with Crippen LogP contribution in [-0.4, -0.2) is 58.7 Å². The molecule has 0 saturated carbocycles. The lowest BCUT2D eigenvalue weighted by atomic mass is 10.0. The lowest BCUT2D eigenvalue weighted by Crippen LogP contribution is -2.16. The molecule has 0 aliphatic rings. The summed E-state index contributed by atoms with van der Waals surface area (Å²) in [6.45, 7) is 1.26. The number of carbonyl (C=O) groups excluding carboxylic acids is 2. The summed E-state index contributed by atoms with van der Waals surface area (Å²) in [7, 11) is 4.35. The number of ether oxygens (including phenoxy) is 2. The number of tetrazole rings is 1. The first kappa shape index (κ1) is 24.4. The molecular weight excluding hydrogens is 446 g/mol. The number of carbonyl (C=O) groups is 2. The van der Waals surface area contributed by atoms with Gasteiger partial charge in [-0.3, -0.25) is 0 Å². The van der Waals surface area contributed by atoms with Crippen LogP contribution in [0.1, 0.15) is 26.5 Å². The standard InChI is InChI=1S/C19H21N5O5S.ClH/c1-24-19(21-22-23-24)30-7-6-20-11-15-4-5-16(29-15)12-8-13(17(25)27-2)10-14(9-12)18(26)28-3;/h4-5,8-10,20H,6-7,11H2,1-3H3;1H. The number of nitrogens with zero attached hydrogens (tertiary/aromatic N) is 4. The first-order valence-corrected chi connectivity index (χ1v) is 9.97. The number of benzene rings is 1. The van der Waals surface area contributed by atoms with E-state index in [1.807, 2.05) is 6.07 Å². The molecule has 10 nitrogen and oxygen atoms in total. The van der Waals surface area contributed by atoms with Gasteiger partial charge in [-0.25, -0.2) is 14.3 Å². The Balaban J connectivity index is 0.00000341. The van der Waals surface area contributed by atoms with Crippen LogP contribution in [0.4, 0.5) is 0 Å². The Morgan fingerprint density at radius 2 is 1.81 bits per heavy atom. The fraction of sp³-hybridized carbons (Fsp3) is 0.316. The van der Waals surface area contributed by atoms with E-state index in [1.165, 1.54) is 20.3 Å². The van der Waals surface area contributed by atoms with Crippen LogP contribution in [0.3, 0.4) is 0 Å². The maximum Gasteiger partial charge on any atom is 0.337 e. The molecule has 1 aromatic carbocycles. The van der Waals surface area contributed by atoms with E-state index < -0.39 is 11.9 Å². The highest BCUT2D eigenvalue weighted by atomic mass is 35.5. The van der Waals surface area contributed by atoms with Gasteiger partial charge in [0.15, 0.2) is 0 Å².